The van der Waals surface area contributed by atoms with Crippen LogP contribution in [0.5, 0.6) is 5.06 Å². The van der Waals surface area contributed by atoms with Gasteiger partial charge in [0, 0.05) is 4.88 Å². The lowest BCUT2D eigenvalue weighted by atomic mass is 10.0. The summed E-state index contributed by atoms with van der Waals surface area (Å²) in [6.45, 7) is 1.89. The molecule has 0 aliphatic rings. The summed E-state index contributed by atoms with van der Waals surface area (Å²) in [4.78, 5) is 0.0182. The first-order chi connectivity index (χ1) is 11.7. The van der Waals surface area contributed by atoms with E-state index >= 15 is 0 Å². The number of benzene rings is 2. The normalized spacial score (nSPS) is 11.6. The van der Waals surface area contributed by atoms with Gasteiger partial charge in [-0.2, -0.15) is 0 Å². The van der Waals surface area contributed by atoms with E-state index in [2.05, 4.69) is 4.74 Å². The van der Waals surface area contributed by atoms with E-state index in [0.717, 1.165) is 23.8 Å². The predicted molar refractivity (Wildman–Crippen MR) is 86.5 cm³/mol. The Kier molecular flexibility index (Phi) is 4.51. The molecule has 0 saturated carbocycles. The lowest BCUT2D eigenvalue weighted by Gasteiger charge is -2.08. The highest BCUT2D eigenvalue weighted by Crippen LogP contribution is 2.39. The van der Waals surface area contributed by atoms with Crippen LogP contribution in [-0.2, 0) is 0 Å². The van der Waals surface area contributed by atoms with Crippen LogP contribution >= 0.6 is 11.3 Å². The van der Waals surface area contributed by atoms with Crippen molar-refractivity contribution in [3.63, 3.8) is 0 Å². The molecule has 3 aromatic rings. The molecule has 25 heavy (non-hydrogen) atoms. The fraction of sp³-hybridized carbons (Fsp3) is 0.111. The molecular formula is C18H11F5OS. The second-order valence-corrected chi connectivity index (χ2v) is 6.39. The van der Waals surface area contributed by atoms with Gasteiger partial charge in [0.25, 0.3) is 0 Å². The minimum atomic E-state index is -4.85. The molecule has 0 bridgehead atoms. The summed E-state index contributed by atoms with van der Waals surface area (Å²) in [5, 5.41) is -0.482. The van der Waals surface area contributed by atoms with Gasteiger partial charge in [0.15, 0.2) is 5.06 Å². The van der Waals surface area contributed by atoms with Crippen LogP contribution in [0.3, 0.4) is 0 Å². The molecule has 0 fully saturated rings. The number of ether oxygens (including phenoxy) is 1. The van der Waals surface area contributed by atoms with Crippen LogP contribution in [0.1, 0.15) is 5.56 Å². The van der Waals surface area contributed by atoms with Gasteiger partial charge >= 0.3 is 6.36 Å². The Balaban J connectivity index is 1.97. The van der Waals surface area contributed by atoms with Crippen LogP contribution in [-0.4, -0.2) is 6.36 Å². The third-order valence-corrected chi connectivity index (χ3v) is 4.45. The molecule has 0 spiro atoms. The molecule has 0 atom stereocenters. The first-order valence-corrected chi connectivity index (χ1v) is 7.96. The van der Waals surface area contributed by atoms with Crippen LogP contribution in [0, 0.1) is 18.6 Å². The zero-order chi connectivity index (χ0) is 18.2. The third-order valence-electron chi connectivity index (χ3n) is 3.47. The zero-order valence-corrected chi connectivity index (χ0v) is 13.6. The van der Waals surface area contributed by atoms with Crippen LogP contribution in [0.15, 0.2) is 48.5 Å². The van der Waals surface area contributed by atoms with Gasteiger partial charge in [0.1, 0.15) is 11.6 Å². The average Bonchev–Trinajstić information content (AvgIpc) is 2.93. The van der Waals surface area contributed by atoms with Gasteiger partial charge in [-0.05, 0) is 42.3 Å². The van der Waals surface area contributed by atoms with E-state index in [4.69, 9.17) is 0 Å². The van der Waals surface area contributed by atoms with E-state index in [1.165, 1.54) is 6.07 Å². The van der Waals surface area contributed by atoms with Crippen molar-refractivity contribution in [2.24, 2.45) is 0 Å². The minimum absolute atomic E-state index is 0.0182. The quantitative estimate of drug-likeness (QED) is 0.474. The topological polar surface area (TPSA) is 9.23 Å². The Morgan fingerprint density at radius 2 is 1.44 bits per heavy atom. The Morgan fingerprint density at radius 1 is 0.840 bits per heavy atom. The molecule has 0 amide bonds. The highest BCUT2D eigenvalue weighted by atomic mass is 32.1. The molecule has 130 valence electrons. The van der Waals surface area contributed by atoms with Gasteiger partial charge in [-0.3, -0.25) is 0 Å². The predicted octanol–water partition coefficient (Wildman–Crippen LogP) is 6.57. The van der Waals surface area contributed by atoms with Crippen LogP contribution in [0.25, 0.3) is 21.6 Å². The summed E-state index contributed by atoms with van der Waals surface area (Å²) in [5.74, 6) is -1.70. The number of rotatable bonds is 3. The maximum absolute atomic E-state index is 14.4. The molecule has 3 rings (SSSR count). The highest BCUT2D eigenvalue weighted by molar-refractivity contribution is 7.17. The number of aryl methyl sites for hydroxylation is 1. The van der Waals surface area contributed by atoms with Crippen LogP contribution in [0.4, 0.5) is 22.0 Å². The van der Waals surface area contributed by atoms with E-state index in [1.54, 1.807) is 12.1 Å². The lowest BCUT2D eigenvalue weighted by molar-refractivity contribution is -0.273. The average molecular weight is 370 g/mol. The Labute approximate surface area is 144 Å². The molecule has 1 aromatic heterocycles. The van der Waals surface area contributed by atoms with Crippen LogP contribution < -0.4 is 4.74 Å². The number of halogens is 5. The maximum atomic E-state index is 14.4. The summed E-state index contributed by atoms with van der Waals surface area (Å²) < 4.78 is 69.2. The van der Waals surface area contributed by atoms with E-state index in [0.29, 0.717) is 22.5 Å². The van der Waals surface area contributed by atoms with Crippen molar-refractivity contribution in [2.45, 2.75) is 13.3 Å². The number of hydrogen-bond acceptors (Lipinski definition) is 2. The van der Waals surface area contributed by atoms with Crippen molar-refractivity contribution in [3.05, 3.63) is 65.7 Å². The number of thiophene rings is 1. The summed E-state index contributed by atoms with van der Waals surface area (Å²) in [6.07, 6.45) is -4.85. The SMILES string of the molecule is Cc1ccc(-c2cc(F)c(-c3ccc(OC(F)(F)F)s3)c(F)c2)cc1. The summed E-state index contributed by atoms with van der Waals surface area (Å²) in [7, 11) is 0. The van der Waals surface area contributed by atoms with E-state index in [9.17, 15) is 22.0 Å². The molecule has 0 saturated heterocycles. The second-order valence-electron chi connectivity index (χ2n) is 5.35. The molecule has 0 aliphatic carbocycles. The van der Waals surface area contributed by atoms with Crippen molar-refractivity contribution in [1.82, 2.24) is 0 Å². The lowest BCUT2D eigenvalue weighted by Crippen LogP contribution is -2.16. The minimum Gasteiger partial charge on any atom is -0.396 e. The third kappa shape index (κ3) is 3.99. The van der Waals surface area contributed by atoms with Crippen molar-refractivity contribution in [2.75, 3.05) is 0 Å². The standard InChI is InChI=1S/C18H11F5OS/c1-10-2-4-11(5-3-10)12-8-13(19)17(14(20)9-12)15-6-7-16(25-15)24-18(21,22)23/h2-9H,1H3. The number of alkyl halides is 3. The molecule has 7 heteroatoms. The Hall–Kier alpha value is -2.41. The molecule has 1 nitrogen and oxygen atoms in total. The van der Waals surface area contributed by atoms with Gasteiger partial charge in [0.05, 0.1) is 5.56 Å². The Bertz CT molecular complexity index is 874. The molecule has 2 aromatic carbocycles. The van der Waals surface area contributed by atoms with Gasteiger partial charge in [-0.15, -0.1) is 13.2 Å². The fourth-order valence-corrected chi connectivity index (χ4v) is 3.27. The highest BCUT2D eigenvalue weighted by Gasteiger charge is 2.32. The van der Waals surface area contributed by atoms with E-state index < -0.39 is 23.1 Å². The summed E-state index contributed by atoms with van der Waals surface area (Å²) in [5.41, 5.74) is 1.62. The van der Waals surface area contributed by atoms with E-state index in [1.807, 2.05) is 19.1 Å². The zero-order valence-electron chi connectivity index (χ0n) is 12.8. The second kappa shape index (κ2) is 6.48. The molecule has 0 aliphatic heterocycles. The van der Waals surface area contributed by atoms with Crippen molar-refractivity contribution in [1.29, 1.82) is 0 Å². The molecule has 1 heterocycles. The monoisotopic (exact) mass is 370 g/mol. The van der Waals surface area contributed by atoms with E-state index in [-0.39, 0.29) is 10.4 Å². The molecular weight excluding hydrogens is 359 g/mol. The molecule has 0 unspecified atom stereocenters. The van der Waals surface area contributed by atoms with Gasteiger partial charge in [-0.1, -0.05) is 41.2 Å². The fourth-order valence-electron chi connectivity index (χ4n) is 2.34. The smallest absolute Gasteiger partial charge is 0.396 e. The van der Waals surface area contributed by atoms with Crippen molar-refractivity contribution < 1.29 is 26.7 Å². The van der Waals surface area contributed by atoms with Crippen molar-refractivity contribution >= 4 is 11.3 Å². The number of hydrogen-bond donors (Lipinski definition) is 0. The van der Waals surface area contributed by atoms with Crippen molar-refractivity contribution in [3.8, 4) is 26.6 Å². The van der Waals surface area contributed by atoms with Gasteiger partial charge in [-0.25, -0.2) is 8.78 Å². The van der Waals surface area contributed by atoms with Gasteiger partial charge in [0.2, 0.25) is 0 Å². The first kappa shape index (κ1) is 17.4. The largest absolute Gasteiger partial charge is 0.573 e. The Morgan fingerprint density at radius 3 is 2.00 bits per heavy atom. The summed E-state index contributed by atoms with van der Waals surface area (Å²) in [6, 6.07) is 11.7. The summed E-state index contributed by atoms with van der Waals surface area (Å²) >= 11 is 0.523. The van der Waals surface area contributed by atoms with Crippen LogP contribution in [0.2, 0.25) is 0 Å². The molecule has 0 N–H and O–H groups in total. The first-order valence-electron chi connectivity index (χ1n) is 7.15. The van der Waals surface area contributed by atoms with Gasteiger partial charge < -0.3 is 4.74 Å². The molecule has 0 radical (unpaired) electrons. The maximum Gasteiger partial charge on any atom is 0.573 e.